The predicted octanol–water partition coefficient (Wildman–Crippen LogP) is 6.26. The lowest BCUT2D eigenvalue weighted by Gasteiger charge is -2.44. The van der Waals surface area contributed by atoms with Crippen molar-refractivity contribution in [3.8, 4) is 5.75 Å². The average molecular weight is 480 g/mol. The molecule has 5 rings (SSSR count). The topological polar surface area (TPSA) is 62.4 Å². The summed E-state index contributed by atoms with van der Waals surface area (Å²) in [4.78, 5) is 14.1. The number of amides is 1. The number of fused-ring (bicyclic) bond motifs is 1. The van der Waals surface area contributed by atoms with E-state index in [-0.39, 0.29) is 29.6 Å². The van der Waals surface area contributed by atoms with E-state index in [0.29, 0.717) is 6.42 Å². The van der Waals surface area contributed by atoms with Gasteiger partial charge >= 0.3 is 0 Å². The Morgan fingerprint density at radius 3 is 2.46 bits per heavy atom. The summed E-state index contributed by atoms with van der Waals surface area (Å²) in [7, 11) is 1.67. The molecule has 2 fully saturated rings. The van der Waals surface area contributed by atoms with Gasteiger partial charge in [0, 0.05) is 12.5 Å². The number of carbonyl (C=O) groups is 1. The van der Waals surface area contributed by atoms with Crippen LogP contribution in [0.1, 0.15) is 69.8 Å². The molecule has 35 heavy (non-hydrogen) atoms. The van der Waals surface area contributed by atoms with E-state index < -0.39 is 5.66 Å². The van der Waals surface area contributed by atoms with Crippen LogP contribution in [-0.4, -0.2) is 24.7 Å². The molecule has 0 aromatic heterocycles. The number of carbonyl (C=O) groups excluding carboxylic acids is 1. The van der Waals surface area contributed by atoms with Crippen molar-refractivity contribution in [1.29, 1.82) is 0 Å². The lowest BCUT2D eigenvalue weighted by Crippen LogP contribution is -2.60. The molecule has 0 bridgehead atoms. The fourth-order valence-electron chi connectivity index (χ4n) is 6.54. The normalized spacial score (nSPS) is 23.6. The Kier molecular flexibility index (Phi) is 7.17. The van der Waals surface area contributed by atoms with Crippen LogP contribution in [-0.2, 0) is 11.2 Å². The molecule has 188 valence electrons. The largest absolute Gasteiger partial charge is 0.497 e. The molecule has 0 radical (unpaired) electrons. The molecule has 2 aromatic rings. The quantitative estimate of drug-likeness (QED) is 0.439. The van der Waals surface area contributed by atoms with Gasteiger partial charge in [-0.15, -0.1) is 0 Å². The summed E-state index contributed by atoms with van der Waals surface area (Å²) in [5.41, 5.74) is 1.90. The fraction of sp³-hybridized carbons (Fsp3) is 0.552. The van der Waals surface area contributed by atoms with Crippen LogP contribution in [0.4, 0.5) is 15.8 Å². The Hall–Kier alpha value is -2.76. The summed E-state index contributed by atoms with van der Waals surface area (Å²) in [6, 6.07) is 13.1. The zero-order chi connectivity index (χ0) is 24.3. The van der Waals surface area contributed by atoms with Gasteiger partial charge in [-0.1, -0.05) is 50.7 Å². The number of halogens is 1. The van der Waals surface area contributed by atoms with Crippen LogP contribution in [0.2, 0.25) is 0 Å². The Labute approximate surface area is 208 Å². The van der Waals surface area contributed by atoms with Crippen LogP contribution in [0.15, 0.2) is 42.5 Å². The average Bonchev–Trinajstić information content (AvgIpc) is 3.22. The molecule has 3 N–H and O–H groups in total. The van der Waals surface area contributed by atoms with Crippen molar-refractivity contribution < 1.29 is 13.9 Å². The van der Waals surface area contributed by atoms with E-state index in [0.717, 1.165) is 61.2 Å². The van der Waals surface area contributed by atoms with Gasteiger partial charge in [0.15, 0.2) is 0 Å². The second-order valence-corrected chi connectivity index (χ2v) is 10.7. The molecule has 1 heterocycles. The minimum absolute atomic E-state index is 0.125. The Balaban J connectivity index is 1.53. The number of rotatable bonds is 7. The maximum Gasteiger partial charge on any atom is 0.227 e. The van der Waals surface area contributed by atoms with Crippen LogP contribution in [0.25, 0.3) is 0 Å². The Morgan fingerprint density at radius 1 is 1.00 bits per heavy atom. The molecule has 0 spiro atoms. The first-order chi connectivity index (χ1) is 17.1. The third-order valence-electron chi connectivity index (χ3n) is 8.20. The highest BCUT2D eigenvalue weighted by Crippen LogP contribution is 2.45. The van der Waals surface area contributed by atoms with Crippen molar-refractivity contribution in [3.05, 3.63) is 53.8 Å². The maximum atomic E-state index is 14.2. The monoisotopic (exact) mass is 479 g/mol. The van der Waals surface area contributed by atoms with Gasteiger partial charge in [-0.3, -0.25) is 4.79 Å². The maximum absolute atomic E-state index is 14.2. The van der Waals surface area contributed by atoms with Crippen molar-refractivity contribution in [2.45, 2.75) is 82.3 Å². The van der Waals surface area contributed by atoms with E-state index >= 15 is 0 Å². The lowest BCUT2D eigenvalue weighted by atomic mass is 9.71. The number of methoxy groups -OCH3 is 1. The molecule has 2 aromatic carbocycles. The van der Waals surface area contributed by atoms with E-state index in [4.69, 9.17) is 4.74 Å². The summed E-state index contributed by atoms with van der Waals surface area (Å²) < 4.78 is 19.7. The highest BCUT2D eigenvalue weighted by molar-refractivity contribution is 5.86. The molecule has 2 unspecified atom stereocenters. The highest BCUT2D eigenvalue weighted by atomic mass is 19.1. The van der Waals surface area contributed by atoms with Crippen LogP contribution in [0.3, 0.4) is 0 Å². The summed E-state index contributed by atoms with van der Waals surface area (Å²) in [5, 5.41) is 10.8. The lowest BCUT2D eigenvalue weighted by molar-refractivity contribution is -0.130. The van der Waals surface area contributed by atoms with Crippen LogP contribution < -0.4 is 20.7 Å². The van der Waals surface area contributed by atoms with Gasteiger partial charge in [-0.25, -0.2) is 4.39 Å². The van der Waals surface area contributed by atoms with Crippen molar-refractivity contribution >= 4 is 17.3 Å². The van der Waals surface area contributed by atoms with Crippen LogP contribution in [0, 0.1) is 17.7 Å². The summed E-state index contributed by atoms with van der Waals surface area (Å²) in [6.07, 6.45) is 11.9. The Bertz CT molecular complexity index is 1030. The van der Waals surface area contributed by atoms with E-state index in [2.05, 4.69) is 22.0 Å². The number of ether oxygens (including phenoxy) is 1. The van der Waals surface area contributed by atoms with E-state index in [9.17, 15) is 9.18 Å². The third-order valence-corrected chi connectivity index (χ3v) is 8.20. The van der Waals surface area contributed by atoms with Crippen molar-refractivity contribution in [2.24, 2.45) is 11.8 Å². The summed E-state index contributed by atoms with van der Waals surface area (Å²) in [5.74, 6) is 0.611. The van der Waals surface area contributed by atoms with E-state index in [1.807, 2.05) is 18.2 Å². The molecule has 2 saturated carbocycles. The molecular weight excluding hydrogens is 441 g/mol. The van der Waals surface area contributed by atoms with E-state index in [1.165, 1.54) is 37.8 Å². The van der Waals surface area contributed by atoms with Gasteiger partial charge in [-0.05, 0) is 67.5 Å². The SMILES string of the molecule is COc1cccc(CC2(C(C(=O)NC3CCCCC3)C3CCCCC3)Nc3ccc(F)cc3N2)c1. The molecular formula is C29H38FN3O2. The van der Waals surface area contributed by atoms with Gasteiger partial charge in [0.2, 0.25) is 5.91 Å². The third kappa shape index (κ3) is 5.26. The zero-order valence-corrected chi connectivity index (χ0v) is 20.7. The number of anilines is 2. The smallest absolute Gasteiger partial charge is 0.227 e. The second kappa shape index (κ2) is 10.5. The van der Waals surface area contributed by atoms with Gasteiger partial charge in [0.05, 0.1) is 24.4 Å². The molecule has 3 aliphatic rings. The van der Waals surface area contributed by atoms with Gasteiger partial charge in [-0.2, -0.15) is 0 Å². The minimum atomic E-state index is -0.747. The van der Waals surface area contributed by atoms with Crippen molar-refractivity contribution in [2.75, 3.05) is 17.7 Å². The molecule has 1 amide bonds. The number of nitrogens with one attached hydrogen (secondary N) is 3. The first kappa shape index (κ1) is 24.0. The van der Waals surface area contributed by atoms with Gasteiger partial charge in [0.1, 0.15) is 17.2 Å². The van der Waals surface area contributed by atoms with Crippen molar-refractivity contribution in [1.82, 2.24) is 5.32 Å². The number of hydrogen-bond acceptors (Lipinski definition) is 4. The molecule has 5 nitrogen and oxygen atoms in total. The number of hydrogen-bond donors (Lipinski definition) is 3. The zero-order valence-electron chi connectivity index (χ0n) is 20.7. The molecule has 2 atom stereocenters. The molecule has 0 saturated heterocycles. The van der Waals surface area contributed by atoms with E-state index in [1.54, 1.807) is 13.2 Å². The summed E-state index contributed by atoms with van der Waals surface area (Å²) in [6.45, 7) is 0. The second-order valence-electron chi connectivity index (χ2n) is 10.7. The number of benzene rings is 2. The first-order valence-electron chi connectivity index (χ1n) is 13.4. The van der Waals surface area contributed by atoms with Gasteiger partial charge < -0.3 is 20.7 Å². The van der Waals surface area contributed by atoms with Crippen molar-refractivity contribution in [3.63, 3.8) is 0 Å². The highest BCUT2D eigenvalue weighted by Gasteiger charge is 2.51. The standard InChI is InChI=1S/C29H38FN3O2/c1-35-24-14-8-9-20(17-24)19-29(32-25-16-15-22(30)18-26(25)33-29)27(21-10-4-2-5-11-21)28(34)31-23-12-6-3-7-13-23/h8-9,14-18,21,23,27,32-33H,2-7,10-13,19H2,1H3,(H,31,34). The Morgan fingerprint density at radius 2 is 1.71 bits per heavy atom. The molecule has 2 aliphatic carbocycles. The first-order valence-corrected chi connectivity index (χ1v) is 13.4. The molecule has 6 heteroatoms. The summed E-state index contributed by atoms with van der Waals surface area (Å²) >= 11 is 0. The molecule has 1 aliphatic heterocycles. The van der Waals surface area contributed by atoms with Gasteiger partial charge in [0.25, 0.3) is 0 Å². The van der Waals surface area contributed by atoms with Crippen LogP contribution >= 0.6 is 0 Å². The predicted molar refractivity (Wildman–Crippen MR) is 138 cm³/mol. The van der Waals surface area contributed by atoms with Crippen LogP contribution in [0.5, 0.6) is 5.75 Å². The minimum Gasteiger partial charge on any atom is -0.497 e. The fourth-order valence-corrected chi connectivity index (χ4v) is 6.54.